The van der Waals surface area contributed by atoms with Gasteiger partial charge < -0.3 is 4.84 Å². The predicted octanol–water partition coefficient (Wildman–Crippen LogP) is 3.45. The number of halogens is 2. The molecular weight excluding hydrogens is 310 g/mol. The molecular formula is C15H10F2N2O4. The van der Waals surface area contributed by atoms with E-state index in [-0.39, 0.29) is 22.5 Å². The number of rotatable bonds is 4. The largest absolute Gasteiger partial charge is 0.365 e. The van der Waals surface area contributed by atoms with E-state index < -0.39 is 22.5 Å². The van der Waals surface area contributed by atoms with Gasteiger partial charge in [-0.05, 0) is 37.3 Å². The van der Waals surface area contributed by atoms with Crippen LogP contribution in [-0.4, -0.2) is 16.6 Å². The van der Waals surface area contributed by atoms with E-state index in [2.05, 4.69) is 9.99 Å². The van der Waals surface area contributed by atoms with Gasteiger partial charge in [0.15, 0.2) is 11.6 Å². The molecule has 0 heterocycles. The Balaban J connectivity index is 2.10. The minimum absolute atomic E-state index is 0.0671. The zero-order valence-electron chi connectivity index (χ0n) is 11.8. The van der Waals surface area contributed by atoms with Crippen LogP contribution in [0.25, 0.3) is 0 Å². The van der Waals surface area contributed by atoms with E-state index in [1.54, 1.807) is 0 Å². The first-order valence-electron chi connectivity index (χ1n) is 6.34. The molecule has 0 N–H and O–H groups in total. The van der Waals surface area contributed by atoms with Gasteiger partial charge in [-0.25, -0.2) is 13.6 Å². The molecule has 0 aromatic heterocycles. The summed E-state index contributed by atoms with van der Waals surface area (Å²) in [4.78, 5) is 26.3. The maximum absolute atomic E-state index is 13.1. The molecule has 118 valence electrons. The Kier molecular flexibility index (Phi) is 4.75. The first-order valence-corrected chi connectivity index (χ1v) is 6.34. The van der Waals surface area contributed by atoms with Gasteiger partial charge in [0.05, 0.1) is 16.2 Å². The van der Waals surface area contributed by atoms with Gasteiger partial charge in [0.1, 0.15) is 0 Å². The molecule has 0 aliphatic heterocycles. The van der Waals surface area contributed by atoms with E-state index in [1.807, 2.05) is 0 Å². The highest BCUT2D eigenvalue weighted by atomic mass is 19.2. The highest BCUT2D eigenvalue weighted by molar-refractivity contribution is 5.99. The summed E-state index contributed by atoms with van der Waals surface area (Å²) in [5.74, 6) is -2.87. The molecule has 2 aromatic rings. The van der Waals surface area contributed by atoms with E-state index in [0.29, 0.717) is 0 Å². The number of nitrogens with zero attached hydrogens (tertiary/aromatic N) is 2. The second-order valence-corrected chi connectivity index (χ2v) is 4.49. The van der Waals surface area contributed by atoms with Crippen molar-refractivity contribution in [2.24, 2.45) is 5.16 Å². The molecule has 0 amide bonds. The van der Waals surface area contributed by atoms with Crippen molar-refractivity contribution in [3.05, 3.63) is 75.3 Å². The zero-order valence-corrected chi connectivity index (χ0v) is 11.8. The third-order valence-electron chi connectivity index (χ3n) is 2.92. The molecule has 6 nitrogen and oxygen atoms in total. The highest BCUT2D eigenvalue weighted by Gasteiger charge is 2.11. The Morgan fingerprint density at radius 2 is 1.70 bits per heavy atom. The number of nitro benzene ring substituents is 1. The minimum atomic E-state index is -1.04. The zero-order chi connectivity index (χ0) is 17.0. The summed E-state index contributed by atoms with van der Waals surface area (Å²) in [6.45, 7) is 1.45. The number of nitro groups is 1. The van der Waals surface area contributed by atoms with E-state index in [1.165, 1.54) is 25.1 Å². The summed E-state index contributed by atoms with van der Waals surface area (Å²) in [6.07, 6.45) is 0. The average molecular weight is 320 g/mol. The molecule has 0 fully saturated rings. The summed E-state index contributed by atoms with van der Waals surface area (Å²) in [7, 11) is 0. The number of benzene rings is 2. The van der Waals surface area contributed by atoms with Crippen LogP contribution in [0.3, 0.4) is 0 Å². The van der Waals surface area contributed by atoms with Crippen LogP contribution >= 0.6 is 0 Å². The minimum Gasteiger partial charge on any atom is -0.313 e. The molecule has 0 aliphatic carbocycles. The lowest BCUT2D eigenvalue weighted by atomic mass is 10.1. The smallest absolute Gasteiger partial charge is 0.313 e. The highest BCUT2D eigenvalue weighted by Crippen LogP contribution is 2.13. The summed E-state index contributed by atoms with van der Waals surface area (Å²) in [5, 5.41) is 14.1. The predicted molar refractivity (Wildman–Crippen MR) is 77.1 cm³/mol. The standard InChI is InChI=1S/C15H10F2N2O4/c1-9(11-4-7-13(16)14(17)8-11)18-23-15(20)10-2-5-12(6-3-10)19(21)22/h2-8H,1H3/b18-9-. The molecule has 0 bridgehead atoms. The van der Waals surface area contributed by atoms with Crippen molar-refractivity contribution in [1.82, 2.24) is 0 Å². The second-order valence-electron chi connectivity index (χ2n) is 4.49. The van der Waals surface area contributed by atoms with Gasteiger partial charge in [0, 0.05) is 17.7 Å². The fraction of sp³-hybridized carbons (Fsp3) is 0.0667. The monoisotopic (exact) mass is 320 g/mol. The van der Waals surface area contributed by atoms with Crippen LogP contribution in [-0.2, 0) is 4.84 Å². The molecule has 2 aromatic carbocycles. The summed E-state index contributed by atoms with van der Waals surface area (Å²) < 4.78 is 26.0. The van der Waals surface area contributed by atoms with Gasteiger partial charge in [-0.1, -0.05) is 5.16 Å². The molecule has 8 heteroatoms. The van der Waals surface area contributed by atoms with Crippen LogP contribution in [0.5, 0.6) is 0 Å². The van der Waals surface area contributed by atoms with Crippen LogP contribution in [0.4, 0.5) is 14.5 Å². The van der Waals surface area contributed by atoms with Gasteiger partial charge in [-0.2, -0.15) is 0 Å². The van der Waals surface area contributed by atoms with Gasteiger partial charge in [-0.3, -0.25) is 10.1 Å². The number of carbonyl (C=O) groups excluding carboxylic acids is 1. The quantitative estimate of drug-likeness (QED) is 0.374. The molecule has 0 aliphatic rings. The maximum Gasteiger partial charge on any atom is 0.365 e. The molecule has 0 unspecified atom stereocenters. The lowest BCUT2D eigenvalue weighted by Crippen LogP contribution is -2.04. The average Bonchev–Trinajstić information content (AvgIpc) is 2.54. The molecule has 23 heavy (non-hydrogen) atoms. The van der Waals surface area contributed by atoms with Gasteiger partial charge in [0.2, 0.25) is 0 Å². The van der Waals surface area contributed by atoms with Crippen molar-refractivity contribution >= 4 is 17.4 Å². The molecule has 0 spiro atoms. The van der Waals surface area contributed by atoms with E-state index in [4.69, 9.17) is 0 Å². The Morgan fingerprint density at radius 1 is 1.09 bits per heavy atom. The Morgan fingerprint density at radius 3 is 2.26 bits per heavy atom. The van der Waals surface area contributed by atoms with Crippen LogP contribution in [0.1, 0.15) is 22.8 Å². The second kappa shape index (κ2) is 6.73. The van der Waals surface area contributed by atoms with Gasteiger partial charge in [-0.15, -0.1) is 0 Å². The van der Waals surface area contributed by atoms with Gasteiger partial charge >= 0.3 is 5.97 Å². The third kappa shape index (κ3) is 3.94. The van der Waals surface area contributed by atoms with Crippen molar-refractivity contribution in [1.29, 1.82) is 0 Å². The molecule has 0 saturated heterocycles. The normalized spacial score (nSPS) is 11.2. The third-order valence-corrected chi connectivity index (χ3v) is 2.92. The van der Waals surface area contributed by atoms with Gasteiger partial charge in [0.25, 0.3) is 5.69 Å². The van der Waals surface area contributed by atoms with Crippen molar-refractivity contribution in [2.45, 2.75) is 6.92 Å². The first kappa shape index (κ1) is 16.2. The Labute approximate surface area is 129 Å². The van der Waals surface area contributed by atoms with Crippen LogP contribution in [0, 0.1) is 21.7 Å². The summed E-state index contributed by atoms with van der Waals surface area (Å²) >= 11 is 0. The lowest BCUT2D eigenvalue weighted by molar-refractivity contribution is -0.384. The topological polar surface area (TPSA) is 81.8 Å². The van der Waals surface area contributed by atoms with E-state index in [0.717, 1.165) is 24.3 Å². The first-order chi connectivity index (χ1) is 10.9. The van der Waals surface area contributed by atoms with E-state index in [9.17, 15) is 23.7 Å². The van der Waals surface area contributed by atoms with Crippen LogP contribution < -0.4 is 0 Å². The number of hydrogen-bond acceptors (Lipinski definition) is 5. The fourth-order valence-electron chi connectivity index (χ4n) is 1.66. The summed E-state index contributed by atoms with van der Waals surface area (Å²) in [6, 6.07) is 7.91. The summed E-state index contributed by atoms with van der Waals surface area (Å²) in [5.41, 5.74) is 0.319. The number of oxime groups is 1. The van der Waals surface area contributed by atoms with Crippen molar-refractivity contribution in [3.8, 4) is 0 Å². The van der Waals surface area contributed by atoms with Crippen molar-refractivity contribution in [2.75, 3.05) is 0 Å². The number of hydrogen-bond donors (Lipinski definition) is 0. The molecule has 0 saturated carbocycles. The van der Waals surface area contributed by atoms with Crippen molar-refractivity contribution < 1.29 is 23.3 Å². The lowest BCUT2D eigenvalue weighted by Gasteiger charge is -2.02. The van der Waals surface area contributed by atoms with Crippen LogP contribution in [0.15, 0.2) is 47.6 Å². The van der Waals surface area contributed by atoms with E-state index >= 15 is 0 Å². The van der Waals surface area contributed by atoms with Crippen LogP contribution in [0.2, 0.25) is 0 Å². The fourth-order valence-corrected chi connectivity index (χ4v) is 1.66. The SMILES string of the molecule is C/C(=N/OC(=O)c1ccc([N+](=O)[O-])cc1)c1ccc(F)c(F)c1. The Bertz CT molecular complexity index is 789. The molecule has 2 rings (SSSR count). The maximum atomic E-state index is 13.1. The Hall–Kier alpha value is -3.16. The molecule has 0 radical (unpaired) electrons. The number of carbonyl (C=O) groups is 1. The number of non-ortho nitro benzene ring substituents is 1. The molecule has 0 atom stereocenters. The van der Waals surface area contributed by atoms with Crippen molar-refractivity contribution in [3.63, 3.8) is 0 Å².